The number of hydrogen-bond donors (Lipinski definition) is 0. The van der Waals surface area contributed by atoms with Gasteiger partial charge in [-0.3, -0.25) is 4.79 Å². The molecule has 0 amide bonds. The van der Waals surface area contributed by atoms with Crippen molar-refractivity contribution >= 4 is 0 Å². The molecule has 2 nitrogen and oxygen atoms in total. The van der Waals surface area contributed by atoms with Gasteiger partial charge in [-0.25, -0.2) is 0 Å². The van der Waals surface area contributed by atoms with E-state index in [0.29, 0.717) is 0 Å². The summed E-state index contributed by atoms with van der Waals surface area (Å²) in [5.41, 5.74) is -0.0625. The molecule has 1 rings (SSSR count). The van der Waals surface area contributed by atoms with Crippen LogP contribution < -0.4 is 5.43 Å². The lowest BCUT2D eigenvalue weighted by atomic mass is 10.6. The van der Waals surface area contributed by atoms with Crippen molar-refractivity contribution in [1.82, 2.24) is 0 Å². The number of nitrogens with zero attached hydrogens (tertiary/aromatic N) is 1. The second kappa shape index (κ2) is 0.689. The lowest BCUT2D eigenvalue weighted by Crippen LogP contribution is -1.70. The fourth-order valence-corrected chi connectivity index (χ4v) is 0.161. The van der Waals surface area contributed by atoms with Crippen molar-refractivity contribution in [2.24, 2.45) is 0 Å². The van der Waals surface area contributed by atoms with Crippen molar-refractivity contribution in [1.29, 1.82) is 5.26 Å². The van der Waals surface area contributed by atoms with Gasteiger partial charge in [0.1, 0.15) is 11.6 Å². The molecule has 0 fully saturated rings. The molecule has 0 aliphatic heterocycles. The number of nitriles is 1. The summed E-state index contributed by atoms with van der Waals surface area (Å²) in [6.45, 7) is 0. The van der Waals surface area contributed by atoms with Crippen LogP contribution in [0.5, 0.6) is 0 Å². The van der Waals surface area contributed by atoms with Crippen LogP contribution in [-0.2, 0) is 0 Å². The van der Waals surface area contributed by atoms with Crippen LogP contribution in [0.2, 0.25) is 0 Å². The summed E-state index contributed by atoms with van der Waals surface area (Å²) in [6, 6.07) is 3.84. The zero-order chi connectivity index (χ0) is 4.57. The van der Waals surface area contributed by atoms with Crippen molar-refractivity contribution < 1.29 is 0 Å². The Morgan fingerprint density at radius 1 is 1.83 bits per heavy atom. The maximum Gasteiger partial charge on any atom is 0.206 e. The smallest absolute Gasteiger partial charge is 0.206 e. The summed E-state index contributed by atoms with van der Waals surface area (Å²) in [7, 11) is 0. The zero-order valence-corrected chi connectivity index (χ0v) is 2.86. The summed E-state index contributed by atoms with van der Waals surface area (Å²) in [5, 5.41) is 7.81. The van der Waals surface area contributed by atoms with Gasteiger partial charge in [0.25, 0.3) is 0 Å². The zero-order valence-electron chi connectivity index (χ0n) is 2.86. The van der Waals surface area contributed by atoms with E-state index >= 15 is 0 Å². The van der Waals surface area contributed by atoms with Crippen molar-refractivity contribution in [3.05, 3.63) is 21.9 Å². The van der Waals surface area contributed by atoms with Crippen LogP contribution >= 0.6 is 0 Å². The van der Waals surface area contributed by atoms with E-state index in [0.717, 1.165) is 0 Å². The summed E-state index contributed by atoms with van der Waals surface area (Å²) >= 11 is 0. The predicted molar refractivity (Wildman–Crippen MR) is 18.6 cm³/mol. The first-order valence-electron chi connectivity index (χ1n) is 1.43. The summed E-state index contributed by atoms with van der Waals surface area (Å²) in [5.74, 6) is 0. The molecule has 0 heterocycles. The van der Waals surface area contributed by atoms with Crippen molar-refractivity contribution in [2.45, 2.75) is 0 Å². The largest absolute Gasteiger partial charge is 0.288 e. The maximum atomic E-state index is 9.75. The van der Waals surface area contributed by atoms with Gasteiger partial charge in [0.15, 0.2) is 0 Å². The average Bonchev–Trinajstić information content (AvgIpc) is 2.19. The molecule has 27 valence electrons. The van der Waals surface area contributed by atoms with Crippen molar-refractivity contribution in [2.75, 3.05) is 0 Å². The van der Waals surface area contributed by atoms with E-state index in [1.54, 1.807) is 6.07 Å². The highest BCUT2D eigenvalue weighted by atomic mass is 16.1. The van der Waals surface area contributed by atoms with Gasteiger partial charge < -0.3 is 0 Å². The van der Waals surface area contributed by atoms with Gasteiger partial charge in [-0.05, 0) is 0 Å². The fourth-order valence-electron chi connectivity index (χ4n) is 0.161. The molecular weight excluding hydrogens is 78.0 g/mol. The highest BCUT2D eigenvalue weighted by molar-refractivity contribution is 5.34. The average molecular weight is 78.0 g/mol. The highest BCUT2D eigenvalue weighted by Crippen LogP contribution is 1.84. The van der Waals surface area contributed by atoms with Crippen LogP contribution in [-0.4, -0.2) is 0 Å². The van der Waals surface area contributed by atoms with Crippen LogP contribution in [0.15, 0.2) is 4.79 Å². The van der Waals surface area contributed by atoms with Gasteiger partial charge in [-0.1, -0.05) is 0 Å². The Balaban J connectivity index is 3.04. The standard InChI is InChI=1S/C4NO/c5-2-3-1-4(3)6. The van der Waals surface area contributed by atoms with Gasteiger partial charge in [-0.2, -0.15) is 5.26 Å². The second-order valence-electron chi connectivity index (χ2n) is 0.941. The van der Waals surface area contributed by atoms with Crippen LogP contribution in [0.3, 0.4) is 0 Å². The van der Waals surface area contributed by atoms with Gasteiger partial charge in [-0.15, -0.1) is 0 Å². The summed E-state index contributed by atoms with van der Waals surface area (Å²) in [4.78, 5) is 9.75. The molecule has 0 aromatic heterocycles. The van der Waals surface area contributed by atoms with Crippen molar-refractivity contribution in [3.8, 4) is 6.07 Å². The molecule has 2 heteroatoms. The monoisotopic (exact) mass is 78.0 g/mol. The Labute approximate surface area is 34.3 Å². The molecule has 1 aromatic carbocycles. The molecule has 0 bridgehead atoms. The minimum absolute atomic E-state index is 0.176. The van der Waals surface area contributed by atoms with Crippen LogP contribution in [0.25, 0.3) is 0 Å². The first kappa shape index (κ1) is 3.10. The maximum absolute atomic E-state index is 9.75. The van der Waals surface area contributed by atoms with E-state index in [2.05, 4.69) is 6.07 Å². The fraction of sp³-hybridized carbons (Fsp3) is 0. The molecule has 0 N–H and O–H groups in total. The molecular formula is C4NO. The lowest BCUT2D eigenvalue weighted by molar-refractivity contribution is 1.52. The normalized spacial score (nSPS) is 8.50. The molecule has 6 heavy (non-hydrogen) atoms. The van der Waals surface area contributed by atoms with Crippen molar-refractivity contribution in [3.63, 3.8) is 0 Å². The van der Waals surface area contributed by atoms with E-state index in [-0.39, 0.29) is 11.0 Å². The van der Waals surface area contributed by atoms with Gasteiger partial charge in [0.05, 0.1) is 6.07 Å². The molecule has 0 atom stereocenters. The van der Waals surface area contributed by atoms with Crippen LogP contribution in [0.1, 0.15) is 5.56 Å². The summed E-state index contributed by atoms with van der Waals surface area (Å²) < 4.78 is 0. The predicted octanol–water partition coefficient (Wildman–Crippen LogP) is -0.406. The molecule has 1 radical (unpaired) electrons. The van der Waals surface area contributed by atoms with E-state index in [1.165, 1.54) is 0 Å². The van der Waals surface area contributed by atoms with E-state index in [1.807, 2.05) is 0 Å². The van der Waals surface area contributed by atoms with E-state index < -0.39 is 0 Å². The summed E-state index contributed by atoms with van der Waals surface area (Å²) in [6.07, 6.45) is 0. The van der Waals surface area contributed by atoms with Gasteiger partial charge in [0, 0.05) is 0 Å². The number of hydrogen-bond acceptors (Lipinski definition) is 2. The SMILES string of the molecule is N#Cc1[c]c1=O. The first-order valence-corrected chi connectivity index (χ1v) is 1.43. The molecule has 0 spiro atoms. The Morgan fingerprint density at radius 2 is 2.33 bits per heavy atom. The van der Waals surface area contributed by atoms with E-state index in [4.69, 9.17) is 5.26 Å². The van der Waals surface area contributed by atoms with Gasteiger partial charge >= 0.3 is 0 Å². The topological polar surface area (TPSA) is 40.9 Å². The van der Waals surface area contributed by atoms with Gasteiger partial charge in [0.2, 0.25) is 5.43 Å². The van der Waals surface area contributed by atoms with Crippen LogP contribution in [0.4, 0.5) is 0 Å². The van der Waals surface area contributed by atoms with Crippen LogP contribution in [0, 0.1) is 17.4 Å². The molecule has 0 aliphatic carbocycles. The molecule has 1 aromatic rings. The third-order valence-electron chi connectivity index (χ3n) is 0.515. The Kier molecular flexibility index (Phi) is 0.356. The third-order valence-corrected chi connectivity index (χ3v) is 0.515. The Morgan fingerprint density at radius 3 is 2.33 bits per heavy atom. The van der Waals surface area contributed by atoms with E-state index in [9.17, 15) is 4.79 Å². The quantitative estimate of drug-likeness (QED) is 0.423. The minimum Gasteiger partial charge on any atom is -0.288 e. The molecule has 0 unspecified atom stereocenters. The number of rotatable bonds is 0. The Hall–Kier alpha value is -1.10. The second-order valence-corrected chi connectivity index (χ2v) is 0.941. The third kappa shape index (κ3) is 0.220. The first-order chi connectivity index (χ1) is 2.84. The highest BCUT2D eigenvalue weighted by Gasteiger charge is 2.04. The minimum atomic E-state index is -0.238. The molecule has 0 saturated heterocycles. The molecule has 0 aliphatic rings. The lowest BCUT2D eigenvalue weighted by Gasteiger charge is -1.37. The Bertz CT molecular complexity index is 199. The molecule has 0 saturated carbocycles.